The van der Waals surface area contributed by atoms with Crippen LogP contribution in [0, 0.1) is 19.8 Å². The van der Waals surface area contributed by atoms with Crippen molar-refractivity contribution in [1.82, 2.24) is 9.78 Å². The van der Waals surface area contributed by atoms with E-state index in [0.717, 1.165) is 17.8 Å². The Hall–Kier alpha value is -0.870. The Morgan fingerprint density at radius 2 is 1.94 bits per heavy atom. The Labute approximate surface area is 104 Å². The van der Waals surface area contributed by atoms with Gasteiger partial charge in [0.1, 0.15) is 0 Å². The second kappa shape index (κ2) is 5.65. The smallest absolute Gasteiger partial charge is 0.0905 e. The zero-order valence-corrected chi connectivity index (χ0v) is 11.6. The first-order valence-corrected chi connectivity index (χ1v) is 6.35. The summed E-state index contributed by atoms with van der Waals surface area (Å²) in [6, 6.07) is -0.211. The number of aryl methyl sites for hydroxylation is 1. The molecule has 0 saturated carbocycles. The van der Waals surface area contributed by atoms with E-state index in [-0.39, 0.29) is 18.7 Å². The number of aliphatic hydroxyl groups is 1. The van der Waals surface area contributed by atoms with Crippen LogP contribution >= 0.6 is 0 Å². The molecule has 4 heteroatoms. The Kier molecular flexibility index (Phi) is 4.71. The van der Waals surface area contributed by atoms with Crippen molar-refractivity contribution in [1.29, 1.82) is 0 Å². The highest BCUT2D eigenvalue weighted by Crippen LogP contribution is 2.22. The van der Waals surface area contributed by atoms with Gasteiger partial charge in [0, 0.05) is 11.7 Å². The fraction of sp³-hybridized carbons (Fsp3) is 0.769. The first-order valence-electron chi connectivity index (χ1n) is 6.35. The molecule has 0 aliphatic heterocycles. The van der Waals surface area contributed by atoms with E-state index in [1.54, 1.807) is 0 Å². The molecule has 98 valence electrons. The minimum absolute atomic E-state index is 0.0322. The molecular formula is C13H25N3O. The number of rotatable bonds is 5. The van der Waals surface area contributed by atoms with Gasteiger partial charge in [0.2, 0.25) is 0 Å². The molecule has 1 aromatic heterocycles. The highest BCUT2D eigenvalue weighted by molar-refractivity contribution is 5.25. The van der Waals surface area contributed by atoms with Gasteiger partial charge in [0.05, 0.1) is 18.3 Å². The number of hydrogen-bond donors (Lipinski definition) is 2. The summed E-state index contributed by atoms with van der Waals surface area (Å²) >= 11 is 0. The molecule has 3 N–H and O–H groups in total. The van der Waals surface area contributed by atoms with Crippen molar-refractivity contribution in [2.24, 2.45) is 11.7 Å². The highest BCUT2D eigenvalue weighted by Gasteiger charge is 2.25. The maximum absolute atomic E-state index is 9.56. The topological polar surface area (TPSA) is 64.1 Å². The number of aromatic nitrogens is 2. The second-order valence-electron chi connectivity index (χ2n) is 5.02. The molecule has 1 aromatic rings. The van der Waals surface area contributed by atoms with E-state index in [1.165, 1.54) is 5.56 Å². The van der Waals surface area contributed by atoms with Gasteiger partial charge in [-0.25, -0.2) is 0 Å². The van der Waals surface area contributed by atoms with E-state index in [4.69, 9.17) is 5.73 Å². The maximum Gasteiger partial charge on any atom is 0.0905 e. The van der Waals surface area contributed by atoms with Crippen molar-refractivity contribution in [3.05, 3.63) is 17.0 Å². The van der Waals surface area contributed by atoms with Crippen molar-refractivity contribution >= 4 is 0 Å². The molecule has 2 atom stereocenters. The Balaban J connectivity index is 3.12. The molecule has 0 fully saturated rings. The van der Waals surface area contributed by atoms with Crippen LogP contribution in [0.25, 0.3) is 0 Å². The molecule has 4 nitrogen and oxygen atoms in total. The molecule has 0 saturated heterocycles. The maximum atomic E-state index is 9.56. The zero-order valence-electron chi connectivity index (χ0n) is 11.6. The van der Waals surface area contributed by atoms with Crippen LogP contribution in [0.3, 0.4) is 0 Å². The van der Waals surface area contributed by atoms with Crippen LogP contribution < -0.4 is 5.73 Å². The van der Waals surface area contributed by atoms with Crippen molar-refractivity contribution in [2.75, 3.05) is 6.61 Å². The minimum atomic E-state index is -0.131. The van der Waals surface area contributed by atoms with Crippen LogP contribution in [0.4, 0.5) is 0 Å². The van der Waals surface area contributed by atoms with E-state index < -0.39 is 0 Å². The summed E-state index contributed by atoms with van der Waals surface area (Å²) in [5.74, 6) is 0.320. The number of nitrogens with two attached hydrogens (primary N) is 1. The summed E-state index contributed by atoms with van der Waals surface area (Å²) < 4.78 is 1.90. The van der Waals surface area contributed by atoms with E-state index in [2.05, 4.69) is 32.8 Å². The highest BCUT2D eigenvalue weighted by atomic mass is 16.3. The quantitative estimate of drug-likeness (QED) is 0.820. The molecule has 17 heavy (non-hydrogen) atoms. The van der Waals surface area contributed by atoms with Crippen molar-refractivity contribution in [3.63, 3.8) is 0 Å². The normalized spacial score (nSPS) is 15.3. The van der Waals surface area contributed by atoms with Gasteiger partial charge in [0.25, 0.3) is 0 Å². The molecular weight excluding hydrogens is 214 g/mol. The Morgan fingerprint density at radius 3 is 2.29 bits per heavy atom. The van der Waals surface area contributed by atoms with Crippen LogP contribution in [0.2, 0.25) is 0 Å². The van der Waals surface area contributed by atoms with Gasteiger partial charge in [0.15, 0.2) is 0 Å². The van der Waals surface area contributed by atoms with E-state index >= 15 is 0 Å². The average Bonchev–Trinajstić information content (AvgIpc) is 2.55. The SMILES string of the molecule is CCc1c(C)nn(C(CO)C(N)C(C)C)c1C. The fourth-order valence-corrected chi connectivity index (χ4v) is 2.34. The van der Waals surface area contributed by atoms with Crippen molar-refractivity contribution < 1.29 is 5.11 Å². The molecule has 1 heterocycles. The molecule has 1 rings (SSSR count). The standard InChI is InChI=1S/C13H25N3O/c1-6-11-9(4)15-16(10(11)5)12(7-17)13(14)8(2)3/h8,12-13,17H,6-7,14H2,1-5H3. The molecule has 2 unspecified atom stereocenters. The molecule has 0 aliphatic rings. The molecule has 0 radical (unpaired) electrons. The van der Waals surface area contributed by atoms with Crippen LogP contribution in [0.5, 0.6) is 0 Å². The Morgan fingerprint density at radius 1 is 1.35 bits per heavy atom. The first-order chi connectivity index (χ1) is 7.93. The number of aliphatic hydroxyl groups excluding tert-OH is 1. The Bertz CT molecular complexity index is 371. The lowest BCUT2D eigenvalue weighted by atomic mass is 9.98. The summed E-state index contributed by atoms with van der Waals surface area (Å²) in [4.78, 5) is 0. The second-order valence-corrected chi connectivity index (χ2v) is 5.02. The summed E-state index contributed by atoms with van der Waals surface area (Å²) in [5, 5.41) is 14.1. The molecule has 0 amide bonds. The lowest BCUT2D eigenvalue weighted by Crippen LogP contribution is -2.39. The summed E-state index contributed by atoms with van der Waals surface area (Å²) in [7, 11) is 0. The van der Waals surface area contributed by atoms with Crippen LogP contribution in [0.15, 0.2) is 0 Å². The molecule has 0 aromatic carbocycles. The first kappa shape index (κ1) is 14.2. The van der Waals surface area contributed by atoms with E-state index in [0.29, 0.717) is 5.92 Å². The number of nitrogens with zero attached hydrogens (tertiary/aromatic N) is 2. The van der Waals surface area contributed by atoms with Crippen LogP contribution in [-0.4, -0.2) is 27.5 Å². The monoisotopic (exact) mass is 239 g/mol. The van der Waals surface area contributed by atoms with Crippen LogP contribution in [0.1, 0.15) is 43.8 Å². The van der Waals surface area contributed by atoms with Gasteiger partial charge in [-0.2, -0.15) is 5.10 Å². The number of hydrogen-bond acceptors (Lipinski definition) is 3. The van der Waals surface area contributed by atoms with Crippen molar-refractivity contribution in [2.45, 2.75) is 53.1 Å². The average molecular weight is 239 g/mol. The summed E-state index contributed by atoms with van der Waals surface area (Å²) in [5.41, 5.74) is 9.58. The summed E-state index contributed by atoms with van der Waals surface area (Å²) in [6.07, 6.45) is 0.965. The molecule has 0 spiro atoms. The van der Waals surface area contributed by atoms with E-state index in [1.807, 2.05) is 11.6 Å². The van der Waals surface area contributed by atoms with E-state index in [9.17, 15) is 5.11 Å². The lowest BCUT2D eigenvalue weighted by Gasteiger charge is -2.26. The predicted octanol–water partition coefficient (Wildman–Crippen LogP) is 1.58. The van der Waals surface area contributed by atoms with Gasteiger partial charge >= 0.3 is 0 Å². The minimum Gasteiger partial charge on any atom is -0.394 e. The summed E-state index contributed by atoms with van der Waals surface area (Å²) in [6.45, 7) is 10.4. The largest absolute Gasteiger partial charge is 0.394 e. The third kappa shape index (κ3) is 2.69. The van der Waals surface area contributed by atoms with Crippen LogP contribution in [-0.2, 0) is 6.42 Å². The molecule has 0 bridgehead atoms. The fourth-order valence-electron chi connectivity index (χ4n) is 2.34. The van der Waals surface area contributed by atoms with Gasteiger partial charge in [-0.05, 0) is 31.7 Å². The zero-order chi connectivity index (χ0) is 13.2. The third-order valence-electron chi connectivity index (χ3n) is 3.54. The van der Waals surface area contributed by atoms with Gasteiger partial charge in [-0.3, -0.25) is 4.68 Å². The third-order valence-corrected chi connectivity index (χ3v) is 3.54. The van der Waals surface area contributed by atoms with Gasteiger partial charge in [-0.15, -0.1) is 0 Å². The van der Waals surface area contributed by atoms with Crippen molar-refractivity contribution in [3.8, 4) is 0 Å². The van der Waals surface area contributed by atoms with Gasteiger partial charge in [-0.1, -0.05) is 20.8 Å². The molecule has 0 aliphatic carbocycles. The predicted molar refractivity (Wildman–Crippen MR) is 70.0 cm³/mol. The van der Waals surface area contributed by atoms with Gasteiger partial charge < -0.3 is 10.8 Å². The lowest BCUT2D eigenvalue weighted by molar-refractivity contribution is 0.176.